The van der Waals surface area contributed by atoms with E-state index < -0.39 is 0 Å². The summed E-state index contributed by atoms with van der Waals surface area (Å²) in [5.41, 5.74) is 1.70. The van der Waals surface area contributed by atoms with E-state index in [0.29, 0.717) is 29.1 Å². The molecule has 1 heterocycles. The van der Waals surface area contributed by atoms with Gasteiger partial charge in [-0.05, 0) is 36.2 Å². The fraction of sp³-hybridized carbons (Fsp3) is 0.318. The summed E-state index contributed by atoms with van der Waals surface area (Å²) in [6.45, 7) is 3.24. The molecule has 29 heavy (non-hydrogen) atoms. The van der Waals surface area contributed by atoms with Gasteiger partial charge in [0.1, 0.15) is 0 Å². The van der Waals surface area contributed by atoms with E-state index in [2.05, 4.69) is 27.8 Å². The van der Waals surface area contributed by atoms with Crippen molar-refractivity contribution >= 4 is 44.5 Å². The molecule has 0 atom stereocenters. The van der Waals surface area contributed by atoms with E-state index in [-0.39, 0.29) is 17.2 Å². The van der Waals surface area contributed by atoms with E-state index in [1.54, 1.807) is 22.6 Å². The van der Waals surface area contributed by atoms with E-state index in [1.165, 1.54) is 11.8 Å². The highest BCUT2D eigenvalue weighted by Crippen LogP contribution is 2.19. The number of carbonyl (C=O) groups is 1. The molecule has 3 rings (SSSR count). The number of nitrogens with zero attached hydrogens (tertiary/aromatic N) is 3. The third-order valence-electron chi connectivity index (χ3n) is 4.65. The number of rotatable bonds is 8. The van der Waals surface area contributed by atoms with Crippen molar-refractivity contribution in [1.29, 1.82) is 0 Å². The van der Waals surface area contributed by atoms with Crippen LogP contribution in [-0.4, -0.2) is 33.2 Å². The van der Waals surface area contributed by atoms with Crippen molar-refractivity contribution in [2.45, 2.75) is 38.0 Å². The third-order valence-corrected chi connectivity index (χ3v) is 6.14. The van der Waals surface area contributed by atoms with Gasteiger partial charge in [0, 0.05) is 24.6 Å². The molecule has 3 aromatic rings. The van der Waals surface area contributed by atoms with Crippen molar-refractivity contribution < 1.29 is 4.79 Å². The molecule has 2 aromatic carbocycles. The largest absolute Gasteiger partial charge is 0.341 e. The van der Waals surface area contributed by atoms with Crippen molar-refractivity contribution in [3.8, 4) is 0 Å². The van der Waals surface area contributed by atoms with Gasteiger partial charge in [0.2, 0.25) is 5.91 Å². The van der Waals surface area contributed by atoms with Crippen molar-refractivity contribution in [3.05, 3.63) is 68.9 Å². The zero-order valence-corrected chi connectivity index (χ0v) is 19.0. The Kier molecular flexibility index (Phi) is 7.50. The maximum atomic E-state index is 12.9. The number of halogens is 1. The summed E-state index contributed by atoms with van der Waals surface area (Å²) in [4.78, 5) is 31.9. The lowest BCUT2D eigenvalue weighted by Crippen LogP contribution is -2.29. The summed E-state index contributed by atoms with van der Waals surface area (Å²) in [5, 5.41) is 1.22. The van der Waals surface area contributed by atoms with Crippen molar-refractivity contribution in [1.82, 2.24) is 14.5 Å². The smallest absolute Gasteiger partial charge is 0.262 e. The molecule has 0 aliphatic carbocycles. The lowest BCUT2D eigenvalue weighted by atomic mass is 10.2. The number of carbonyl (C=O) groups excluding carboxylic acids is 1. The Bertz CT molecular complexity index is 1050. The first-order valence-corrected chi connectivity index (χ1v) is 11.4. The lowest BCUT2D eigenvalue weighted by molar-refractivity contribution is -0.127. The summed E-state index contributed by atoms with van der Waals surface area (Å²) in [5.74, 6) is 0.242. The Morgan fingerprint density at radius 3 is 2.62 bits per heavy atom. The normalized spacial score (nSPS) is 11.0. The van der Waals surface area contributed by atoms with E-state index in [9.17, 15) is 9.59 Å². The second-order valence-corrected chi connectivity index (χ2v) is 8.74. The minimum atomic E-state index is -0.0396. The molecular weight excluding hydrogens is 450 g/mol. The Labute approximate surface area is 183 Å². The van der Waals surface area contributed by atoms with Gasteiger partial charge in [-0.15, -0.1) is 0 Å². The minimum absolute atomic E-state index is 0.00219. The van der Waals surface area contributed by atoms with Crippen LogP contribution in [0.5, 0.6) is 0 Å². The van der Waals surface area contributed by atoms with Crippen molar-refractivity contribution in [2.24, 2.45) is 0 Å². The standard InChI is InChI=1S/C22H24BrN3O2S/c1-3-4-13-26-21(28)18-7-5-6-8-19(18)24-22(26)29-15-20(27)25(2)14-16-9-11-17(23)12-10-16/h5-12H,3-4,13-15H2,1-2H3. The highest BCUT2D eigenvalue weighted by atomic mass is 79.9. The molecular formula is C22H24BrN3O2S. The van der Waals surface area contributed by atoms with Crippen LogP contribution in [0.4, 0.5) is 0 Å². The molecule has 0 aliphatic heterocycles. The summed E-state index contributed by atoms with van der Waals surface area (Å²) < 4.78 is 2.72. The number of hydrogen-bond donors (Lipinski definition) is 0. The fourth-order valence-electron chi connectivity index (χ4n) is 2.96. The Morgan fingerprint density at radius 1 is 1.17 bits per heavy atom. The maximum Gasteiger partial charge on any atom is 0.262 e. The number of amides is 1. The molecule has 0 bridgehead atoms. The van der Waals surface area contributed by atoms with Gasteiger partial charge in [-0.1, -0.05) is 65.3 Å². The molecule has 0 aliphatic rings. The number of thioether (sulfide) groups is 1. The van der Waals surface area contributed by atoms with Crippen LogP contribution in [0.15, 0.2) is 63.0 Å². The van der Waals surface area contributed by atoms with Crippen LogP contribution in [0.3, 0.4) is 0 Å². The maximum absolute atomic E-state index is 12.9. The summed E-state index contributed by atoms with van der Waals surface area (Å²) in [6, 6.07) is 15.3. The van der Waals surface area contributed by atoms with Gasteiger partial charge in [-0.2, -0.15) is 0 Å². The minimum Gasteiger partial charge on any atom is -0.341 e. The predicted molar refractivity (Wildman–Crippen MR) is 122 cm³/mol. The molecule has 7 heteroatoms. The van der Waals surface area contributed by atoms with Gasteiger partial charge < -0.3 is 4.90 Å². The Balaban J connectivity index is 1.75. The fourth-order valence-corrected chi connectivity index (χ4v) is 4.19. The first kappa shape index (κ1) is 21.6. The number of para-hydroxylation sites is 1. The summed E-state index contributed by atoms with van der Waals surface area (Å²) >= 11 is 4.75. The lowest BCUT2D eigenvalue weighted by Gasteiger charge is -2.18. The first-order chi connectivity index (χ1) is 14.0. The van der Waals surface area contributed by atoms with Gasteiger partial charge in [-0.3, -0.25) is 14.2 Å². The van der Waals surface area contributed by atoms with Crippen LogP contribution in [0.25, 0.3) is 10.9 Å². The molecule has 0 saturated heterocycles. The van der Waals surface area contributed by atoms with Gasteiger partial charge >= 0.3 is 0 Å². The average Bonchev–Trinajstić information content (AvgIpc) is 2.73. The molecule has 5 nitrogen and oxygen atoms in total. The molecule has 1 amide bonds. The van der Waals surface area contributed by atoms with Crippen molar-refractivity contribution in [2.75, 3.05) is 12.8 Å². The molecule has 0 radical (unpaired) electrons. The number of hydrogen-bond acceptors (Lipinski definition) is 4. The Hall–Kier alpha value is -2.12. The molecule has 0 fully saturated rings. The Morgan fingerprint density at radius 2 is 1.90 bits per heavy atom. The van der Waals surface area contributed by atoms with Crippen LogP contribution >= 0.6 is 27.7 Å². The molecule has 0 N–H and O–H groups in total. The second-order valence-electron chi connectivity index (χ2n) is 6.89. The second kappa shape index (κ2) is 10.1. The summed E-state index contributed by atoms with van der Waals surface area (Å²) in [7, 11) is 1.79. The number of aromatic nitrogens is 2. The SMILES string of the molecule is CCCCn1c(SCC(=O)N(C)Cc2ccc(Br)cc2)nc2ccccc2c1=O. The number of unbranched alkanes of at least 4 members (excludes halogenated alkanes) is 1. The highest BCUT2D eigenvalue weighted by molar-refractivity contribution is 9.10. The predicted octanol–water partition coefficient (Wildman–Crippen LogP) is 4.71. The van der Waals surface area contributed by atoms with Crippen molar-refractivity contribution in [3.63, 3.8) is 0 Å². The van der Waals surface area contributed by atoms with Gasteiger partial charge in [-0.25, -0.2) is 4.98 Å². The van der Waals surface area contributed by atoms with Crippen LogP contribution in [0.1, 0.15) is 25.3 Å². The van der Waals surface area contributed by atoms with E-state index in [1.807, 2.05) is 42.5 Å². The van der Waals surface area contributed by atoms with E-state index >= 15 is 0 Å². The monoisotopic (exact) mass is 473 g/mol. The zero-order chi connectivity index (χ0) is 20.8. The topological polar surface area (TPSA) is 55.2 Å². The quantitative estimate of drug-likeness (QED) is 0.351. The van der Waals surface area contributed by atoms with Crippen LogP contribution < -0.4 is 5.56 Å². The highest BCUT2D eigenvalue weighted by Gasteiger charge is 2.15. The molecule has 0 unspecified atom stereocenters. The van der Waals surface area contributed by atoms with Gasteiger partial charge in [0.15, 0.2) is 5.16 Å². The molecule has 1 aromatic heterocycles. The zero-order valence-electron chi connectivity index (χ0n) is 16.6. The first-order valence-electron chi connectivity index (χ1n) is 9.60. The van der Waals surface area contributed by atoms with E-state index in [0.717, 1.165) is 22.9 Å². The van der Waals surface area contributed by atoms with Crippen LogP contribution in [-0.2, 0) is 17.9 Å². The number of fused-ring (bicyclic) bond motifs is 1. The third kappa shape index (κ3) is 5.48. The molecule has 0 spiro atoms. The van der Waals surface area contributed by atoms with Crippen LogP contribution in [0, 0.1) is 0 Å². The van der Waals surface area contributed by atoms with Crippen LogP contribution in [0.2, 0.25) is 0 Å². The van der Waals surface area contributed by atoms with E-state index in [4.69, 9.17) is 0 Å². The molecule has 152 valence electrons. The van der Waals surface area contributed by atoms with Gasteiger partial charge in [0.25, 0.3) is 5.56 Å². The average molecular weight is 474 g/mol. The van der Waals surface area contributed by atoms with Gasteiger partial charge in [0.05, 0.1) is 16.7 Å². The summed E-state index contributed by atoms with van der Waals surface area (Å²) in [6.07, 6.45) is 1.88. The molecule has 0 saturated carbocycles. The number of benzene rings is 2.